The molecule has 0 spiro atoms. The van der Waals surface area contributed by atoms with Crippen LogP contribution < -0.4 is 0 Å². The van der Waals surface area contributed by atoms with Crippen molar-refractivity contribution in [2.24, 2.45) is 0 Å². The molecule has 1 N–H and O–H groups in total. The van der Waals surface area contributed by atoms with Crippen LogP contribution in [-0.4, -0.2) is 23.0 Å². The Morgan fingerprint density at radius 2 is 2.00 bits per heavy atom. The third-order valence-corrected chi connectivity index (χ3v) is 1.78. The fraction of sp³-hybridized carbons (Fsp3) is 0.333. The summed E-state index contributed by atoms with van der Waals surface area (Å²) in [5, 5.41) is 9.53. The molecule has 4 heteroatoms. The van der Waals surface area contributed by atoms with E-state index in [1.807, 2.05) is 0 Å². The number of aromatic hydroxyl groups is 1. The van der Waals surface area contributed by atoms with E-state index in [-0.39, 0.29) is 11.3 Å². The maximum absolute atomic E-state index is 11.6. The number of carbonyl (C=O) groups is 2. The van der Waals surface area contributed by atoms with Gasteiger partial charge >= 0.3 is 5.97 Å². The molecule has 0 aromatic heterocycles. The molecule has 1 aromatic rings. The van der Waals surface area contributed by atoms with Crippen molar-refractivity contribution in [2.45, 2.75) is 26.4 Å². The molecular formula is C12H14O4. The lowest BCUT2D eigenvalue weighted by Crippen LogP contribution is -2.23. The Balaban J connectivity index is 2.97. The molecule has 0 radical (unpaired) electrons. The van der Waals surface area contributed by atoms with Crippen molar-refractivity contribution in [3.8, 4) is 5.75 Å². The lowest BCUT2D eigenvalue weighted by molar-refractivity contribution is 0.00667. The summed E-state index contributed by atoms with van der Waals surface area (Å²) in [6, 6.07) is 4.05. The Hall–Kier alpha value is -1.84. The summed E-state index contributed by atoms with van der Waals surface area (Å²) in [4.78, 5) is 22.1. The fourth-order valence-electron chi connectivity index (χ4n) is 1.13. The quantitative estimate of drug-likeness (QED) is 0.615. The lowest BCUT2D eigenvalue weighted by atomic mass is 10.1. The predicted octanol–water partition coefficient (Wildman–Crippen LogP) is 2.16. The number of rotatable bonds is 2. The summed E-state index contributed by atoms with van der Waals surface area (Å²) in [6.45, 7) is 5.21. The lowest BCUT2D eigenvalue weighted by Gasteiger charge is -2.19. The highest BCUT2D eigenvalue weighted by atomic mass is 16.6. The maximum Gasteiger partial charge on any atom is 0.342 e. The smallest absolute Gasteiger partial charge is 0.342 e. The van der Waals surface area contributed by atoms with E-state index < -0.39 is 11.6 Å². The molecule has 1 rings (SSSR count). The molecular weight excluding hydrogens is 208 g/mol. The molecule has 4 nitrogen and oxygen atoms in total. The standard InChI is InChI=1S/C12H14O4/c1-12(2,3)16-11(15)9-5-4-8(7-13)6-10(9)14/h4-7,14H,1-3H3. The molecule has 0 aliphatic heterocycles. The zero-order valence-electron chi connectivity index (χ0n) is 9.48. The van der Waals surface area contributed by atoms with Crippen LogP contribution in [0.25, 0.3) is 0 Å². The van der Waals surface area contributed by atoms with E-state index in [4.69, 9.17) is 4.74 Å². The SMILES string of the molecule is CC(C)(C)OC(=O)c1ccc(C=O)cc1O. The Kier molecular flexibility index (Phi) is 3.32. The van der Waals surface area contributed by atoms with Gasteiger partial charge in [-0.3, -0.25) is 4.79 Å². The zero-order valence-corrected chi connectivity index (χ0v) is 9.48. The highest BCUT2D eigenvalue weighted by Gasteiger charge is 2.20. The first kappa shape index (κ1) is 12.2. The van der Waals surface area contributed by atoms with Gasteiger partial charge in [-0.25, -0.2) is 4.79 Å². The highest BCUT2D eigenvalue weighted by molar-refractivity contribution is 5.93. The van der Waals surface area contributed by atoms with Gasteiger partial charge in [-0.15, -0.1) is 0 Å². The zero-order chi connectivity index (χ0) is 12.3. The van der Waals surface area contributed by atoms with Gasteiger partial charge in [-0.05, 0) is 32.9 Å². The molecule has 0 atom stereocenters. The van der Waals surface area contributed by atoms with Crippen molar-refractivity contribution in [1.29, 1.82) is 0 Å². The molecule has 0 unspecified atom stereocenters. The van der Waals surface area contributed by atoms with Crippen LogP contribution in [0.1, 0.15) is 41.5 Å². The number of esters is 1. The highest BCUT2D eigenvalue weighted by Crippen LogP contribution is 2.21. The van der Waals surface area contributed by atoms with E-state index in [9.17, 15) is 14.7 Å². The second kappa shape index (κ2) is 4.35. The normalized spacial score (nSPS) is 10.9. The number of phenols is 1. The van der Waals surface area contributed by atoms with Crippen molar-refractivity contribution in [2.75, 3.05) is 0 Å². The number of hydrogen-bond acceptors (Lipinski definition) is 4. The number of carbonyl (C=O) groups excluding carboxylic acids is 2. The Morgan fingerprint density at radius 1 is 1.38 bits per heavy atom. The molecule has 86 valence electrons. The molecule has 0 amide bonds. The third-order valence-electron chi connectivity index (χ3n) is 1.78. The first-order valence-corrected chi connectivity index (χ1v) is 4.85. The van der Waals surface area contributed by atoms with Crippen molar-refractivity contribution in [3.05, 3.63) is 29.3 Å². The van der Waals surface area contributed by atoms with Gasteiger partial charge in [0.25, 0.3) is 0 Å². The second-order valence-electron chi connectivity index (χ2n) is 4.40. The number of benzene rings is 1. The number of ether oxygens (including phenoxy) is 1. The Morgan fingerprint density at radius 3 is 2.44 bits per heavy atom. The summed E-state index contributed by atoms with van der Waals surface area (Å²) >= 11 is 0. The van der Waals surface area contributed by atoms with Crippen LogP contribution in [0.2, 0.25) is 0 Å². The van der Waals surface area contributed by atoms with Crippen molar-refractivity contribution < 1.29 is 19.4 Å². The minimum atomic E-state index is -0.618. The van der Waals surface area contributed by atoms with Crippen LogP contribution in [0.5, 0.6) is 5.75 Å². The molecule has 0 fully saturated rings. The largest absolute Gasteiger partial charge is 0.507 e. The molecule has 0 aliphatic rings. The number of hydrogen-bond donors (Lipinski definition) is 1. The first-order valence-electron chi connectivity index (χ1n) is 4.85. The molecule has 0 saturated heterocycles. The fourth-order valence-corrected chi connectivity index (χ4v) is 1.13. The van der Waals surface area contributed by atoms with E-state index in [1.54, 1.807) is 20.8 Å². The van der Waals surface area contributed by atoms with Gasteiger partial charge in [0.15, 0.2) is 0 Å². The van der Waals surface area contributed by atoms with E-state index in [2.05, 4.69) is 0 Å². The molecule has 0 aliphatic carbocycles. The van der Waals surface area contributed by atoms with Crippen LogP contribution in [0.3, 0.4) is 0 Å². The van der Waals surface area contributed by atoms with Crippen LogP contribution in [0.4, 0.5) is 0 Å². The average Bonchev–Trinajstić information content (AvgIpc) is 2.14. The summed E-state index contributed by atoms with van der Waals surface area (Å²) in [6.07, 6.45) is 0.596. The Labute approximate surface area is 93.9 Å². The van der Waals surface area contributed by atoms with Gasteiger partial charge in [0.2, 0.25) is 0 Å². The third kappa shape index (κ3) is 3.08. The monoisotopic (exact) mass is 222 g/mol. The minimum Gasteiger partial charge on any atom is -0.507 e. The first-order chi connectivity index (χ1) is 7.33. The Bertz CT molecular complexity index is 416. The van der Waals surface area contributed by atoms with Gasteiger partial charge in [0, 0.05) is 5.56 Å². The second-order valence-corrected chi connectivity index (χ2v) is 4.40. The van der Waals surface area contributed by atoms with Crippen LogP contribution >= 0.6 is 0 Å². The van der Waals surface area contributed by atoms with Crippen LogP contribution in [0.15, 0.2) is 18.2 Å². The van der Waals surface area contributed by atoms with Crippen LogP contribution in [-0.2, 0) is 4.74 Å². The van der Waals surface area contributed by atoms with Gasteiger partial charge in [-0.1, -0.05) is 6.07 Å². The molecule has 0 heterocycles. The predicted molar refractivity (Wildman–Crippen MR) is 58.7 cm³/mol. The van der Waals surface area contributed by atoms with E-state index in [0.29, 0.717) is 11.8 Å². The summed E-state index contributed by atoms with van der Waals surface area (Å²) < 4.78 is 5.09. The van der Waals surface area contributed by atoms with Gasteiger partial charge in [0.1, 0.15) is 23.2 Å². The minimum absolute atomic E-state index is 0.0560. The van der Waals surface area contributed by atoms with Crippen LogP contribution in [0, 0.1) is 0 Å². The van der Waals surface area contributed by atoms with Crippen molar-refractivity contribution in [3.63, 3.8) is 0 Å². The van der Waals surface area contributed by atoms with E-state index in [0.717, 1.165) is 0 Å². The summed E-state index contributed by atoms with van der Waals surface area (Å²) in [5.74, 6) is -0.860. The number of aldehydes is 1. The van der Waals surface area contributed by atoms with E-state index in [1.165, 1.54) is 18.2 Å². The van der Waals surface area contributed by atoms with E-state index >= 15 is 0 Å². The molecule has 1 aromatic carbocycles. The van der Waals surface area contributed by atoms with Crippen molar-refractivity contribution >= 4 is 12.3 Å². The van der Waals surface area contributed by atoms with Crippen molar-refractivity contribution in [1.82, 2.24) is 0 Å². The molecule has 0 saturated carbocycles. The molecule has 16 heavy (non-hydrogen) atoms. The number of phenolic OH excluding ortho intramolecular Hbond substituents is 1. The van der Waals surface area contributed by atoms with Gasteiger partial charge in [-0.2, -0.15) is 0 Å². The van der Waals surface area contributed by atoms with Gasteiger partial charge < -0.3 is 9.84 Å². The molecule has 0 bridgehead atoms. The average molecular weight is 222 g/mol. The topological polar surface area (TPSA) is 63.6 Å². The maximum atomic E-state index is 11.6. The summed E-state index contributed by atoms with van der Waals surface area (Å²) in [7, 11) is 0. The summed E-state index contributed by atoms with van der Waals surface area (Å²) in [5.41, 5.74) is -0.252. The van der Waals surface area contributed by atoms with Gasteiger partial charge in [0.05, 0.1) is 0 Å².